The number of halogens is 1. The van der Waals surface area contributed by atoms with Gasteiger partial charge in [0.05, 0.1) is 12.6 Å². The zero-order valence-electron chi connectivity index (χ0n) is 23.6. The first-order chi connectivity index (χ1) is 19.2. The number of nitrogens with zero attached hydrogens (tertiary/aromatic N) is 3. The number of piperazine rings is 1. The quantitative estimate of drug-likeness (QED) is 0.386. The fourth-order valence-corrected chi connectivity index (χ4v) is 5.48. The first kappa shape index (κ1) is 29.2. The monoisotopic (exact) mass is 547 g/mol. The van der Waals surface area contributed by atoms with Crippen molar-refractivity contribution in [3.63, 3.8) is 0 Å². The van der Waals surface area contributed by atoms with E-state index >= 15 is 0 Å². The number of amides is 1. The molecule has 4 rings (SSSR count). The summed E-state index contributed by atoms with van der Waals surface area (Å²) in [5.74, 6) is -0.783. The van der Waals surface area contributed by atoms with E-state index in [4.69, 9.17) is 4.74 Å². The van der Waals surface area contributed by atoms with Crippen molar-refractivity contribution < 1.29 is 23.8 Å². The molecule has 0 aliphatic carbocycles. The summed E-state index contributed by atoms with van der Waals surface area (Å²) in [4.78, 5) is 31.3. The van der Waals surface area contributed by atoms with E-state index in [9.17, 15) is 19.1 Å². The Morgan fingerprint density at radius 2 is 1.70 bits per heavy atom. The van der Waals surface area contributed by atoms with Gasteiger partial charge in [0.1, 0.15) is 18.1 Å². The van der Waals surface area contributed by atoms with Gasteiger partial charge in [0.25, 0.3) is 5.91 Å². The Kier molecular flexibility index (Phi) is 9.55. The lowest BCUT2D eigenvalue weighted by molar-refractivity contribution is -0.143. The van der Waals surface area contributed by atoms with Crippen molar-refractivity contribution in [2.24, 2.45) is 0 Å². The van der Waals surface area contributed by atoms with Gasteiger partial charge in [-0.25, -0.2) is 4.39 Å². The van der Waals surface area contributed by atoms with Crippen LogP contribution in [0.5, 0.6) is 5.75 Å². The molecule has 1 heterocycles. The lowest BCUT2D eigenvalue weighted by Crippen LogP contribution is -2.56. The number of phenolic OH excluding ortho intramolecular Hbond substituents is 1. The van der Waals surface area contributed by atoms with Gasteiger partial charge in [-0.15, -0.1) is 0 Å². The minimum Gasteiger partial charge on any atom is -0.508 e. The highest BCUT2D eigenvalue weighted by Gasteiger charge is 2.35. The topological polar surface area (TPSA) is 73.3 Å². The van der Waals surface area contributed by atoms with Crippen LogP contribution in [0.1, 0.15) is 53.9 Å². The summed E-state index contributed by atoms with van der Waals surface area (Å²) >= 11 is 0. The van der Waals surface area contributed by atoms with E-state index in [-0.39, 0.29) is 48.8 Å². The minimum atomic E-state index is -0.453. The molecule has 1 fully saturated rings. The van der Waals surface area contributed by atoms with Crippen molar-refractivity contribution in [2.75, 3.05) is 33.3 Å². The molecular weight excluding hydrogens is 509 g/mol. The Bertz CT molecular complexity index is 1330. The molecule has 0 bridgehead atoms. The van der Waals surface area contributed by atoms with Crippen LogP contribution in [-0.4, -0.2) is 77.1 Å². The smallest absolute Gasteiger partial charge is 0.325 e. The number of likely N-dealkylation sites (N-methyl/N-ethyl adjacent to an activating group) is 1. The van der Waals surface area contributed by atoms with Crippen LogP contribution >= 0.6 is 0 Å². The maximum Gasteiger partial charge on any atom is 0.325 e. The van der Waals surface area contributed by atoms with Gasteiger partial charge in [-0.05, 0) is 73.9 Å². The zero-order valence-corrected chi connectivity index (χ0v) is 23.6. The fourth-order valence-electron chi connectivity index (χ4n) is 5.48. The Morgan fingerprint density at radius 1 is 1.00 bits per heavy atom. The molecule has 7 nitrogen and oxygen atoms in total. The summed E-state index contributed by atoms with van der Waals surface area (Å²) in [7, 11) is 1.58. The third kappa shape index (κ3) is 7.06. The van der Waals surface area contributed by atoms with Gasteiger partial charge >= 0.3 is 5.97 Å². The maximum atomic E-state index is 13.8. The molecule has 1 N–H and O–H groups in total. The standard InChI is InChI=1S/C32H38FN3O4/c1-5-40-30(38)21-34(4)32(39)27-12-7-10-25(16-27)31(26-11-8-14-29(37)17-26)36-19-22(2)35(18-23(36)3)20-24-9-6-13-28(33)15-24/h6-17,22-23,31,37H,5,18-21H2,1-4H3/t22-,23-,31?/m1/s1. The molecule has 1 saturated heterocycles. The number of aromatic hydroxyl groups is 1. The number of hydrogen-bond donors (Lipinski definition) is 1. The van der Waals surface area contributed by atoms with Gasteiger partial charge in [0.15, 0.2) is 0 Å². The molecule has 0 radical (unpaired) electrons. The summed E-state index contributed by atoms with van der Waals surface area (Å²) in [5, 5.41) is 10.3. The summed E-state index contributed by atoms with van der Waals surface area (Å²) in [6.45, 7) is 8.36. The number of esters is 1. The van der Waals surface area contributed by atoms with Crippen molar-refractivity contribution >= 4 is 11.9 Å². The van der Waals surface area contributed by atoms with Crippen LogP contribution in [0.3, 0.4) is 0 Å². The van der Waals surface area contributed by atoms with Crippen molar-refractivity contribution in [3.05, 3.63) is 101 Å². The Hall–Kier alpha value is -3.75. The van der Waals surface area contributed by atoms with Crippen LogP contribution in [0, 0.1) is 5.82 Å². The molecule has 1 unspecified atom stereocenters. The van der Waals surface area contributed by atoms with Gasteiger partial charge < -0.3 is 14.7 Å². The number of carbonyl (C=O) groups excluding carboxylic acids is 2. The zero-order chi connectivity index (χ0) is 28.8. The molecule has 3 atom stereocenters. The van der Waals surface area contributed by atoms with E-state index in [2.05, 4.69) is 23.6 Å². The second-order valence-corrected chi connectivity index (χ2v) is 10.5. The van der Waals surface area contributed by atoms with E-state index < -0.39 is 5.97 Å². The predicted molar refractivity (Wildman–Crippen MR) is 152 cm³/mol. The van der Waals surface area contributed by atoms with Crippen molar-refractivity contribution in [1.29, 1.82) is 0 Å². The minimum absolute atomic E-state index is 0.128. The summed E-state index contributed by atoms with van der Waals surface area (Å²) in [5.41, 5.74) is 3.25. The number of ether oxygens (including phenoxy) is 1. The van der Waals surface area contributed by atoms with Crippen LogP contribution < -0.4 is 0 Å². The first-order valence-electron chi connectivity index (χ1n) is 13.7. The Balaban J connectivity index is 1.62. The molecular formula is C32H38FN3O4. The summed E-state index contributed by atoms with van der Waals surface area (Å²) in [6.07, 6.45) is 0. The highest BCUT2D eigenvalue weighted by molar-refractivity contribution is 5.96. The molecule has 212 valence electrons. The fraction of sp³-hybridized carbons (Fsp3) is 0.375. The molecule has 3 aromatic rings. The second-order valence-electron chi connectivity index (χ2n) is 10.5. The lowest BCUT2D eigenvalue weighted by Gasteiger charge is -2.47. The van der Waals surface area contributed by atoms with Crippen LogP contribution in [0.15, 0.2) is 72.8 Å². The van der Waals surface area contributed by atoms with E-state index in [0.717, 1.165) is 29.8 Å². The SMILES string of the molecule is CCOC(=O)CN(C)C(=O)c1cccc(C(c2cccc(O)c2)N2C[C@@H](C)N(Cc3cccc(F)c3)C[C@H]2C)c1. The number of rotatable bonds is 9. The van der Waals surface area contributed by atoms with Gasteiger partial charge in [-0.3, -0.25) is 19.4 Å². The van der Waals surface area contributed by atoms with E-state index in [0.29, 0.717) is 12.1 Å². The van der Waals surface area contributed by atoms with Gasteiger partial charge in [-0.1, -0.05) is 36.4 Å². The first-order valence-corrected chi connectivity index (χ1v) is 13.7. The predicted octanol–water partition coefficient (Wildman–Crippen LogP) is 4.85. The number of benzene rings is 3. The molecule has 1 aliphatic heterocycles. The molecule has 0 aromatic heterocycles. The molecule has 8 heteroatoms. The molecule has 0 spiro atoms. The van der Waals surface area contributed by atoms with Gasteiger partial charge in [0, 0.05) is 44.3 Å². The third-order valence-corrected chi connectivity index (χ3v) is 7.42. The second kappa shape index (κ2) is 13.1. The average Bonchev–Trinajstić information content (AvgIpc) is 2.91. The lowest BCUT2D eigenvalue weighted by atomic mass is 9.92. The van der Waals surface area contributed by atoms with E-state index in [1.807, 2.05) is 36.4 Å². The summed E-state index contributed by atoms with van der Waals surface area (Å²) < 4.78 is 18.8. The van der Waals surface area contributed by atoms with Crippen LogP contribution in [-0.2, 0) is 16.1 Å². The van der Waals surface area contributed by atoms with Crippen LogP contribution in [0.25, 0.3) is 0 Å². The molecule has 1 amide bonds. The molecule has 1 aliphatic rings. The third-order valence-electron chi connectivity index (χ3n) is 7.42. The van der Waals surface area contributed by atoms with E-state index in [1.165, 1.54) is 11.0 Å². The molecule has 40 heavy (non-hydrogen) atoms. The van der Waals surface area contributed by atoms with Gasteiger partial charge in [-0.2, -0.15) is 0 Å². The van der Waals surface area contributed by atoms with E-state index in [1.54, 1.807) is 44.3 Å². The number of carbonyl (C=O) groups is 2. The average molecular weight is 548 g/mol. The highest BCUT2D eigenvalue weighted by atomic mass is 19.1. The van der Waals surface area contributed by atoms with Crippen LogP contribution in [0.2, 0.25) is 0 Å². The molecule has 3 aromatic carbocycles. The van der Waals surface area contributed by atoms with Crippen molar-refractivity contribution in [2.45, 2.75) is 45.4 Å². The highest BCUT2D eigenvalue weighted by Crippen LogP contribution is 2.35. The number of hydrogen-bond acceptors (Lipinski definition) is 6. The van der Waals surface area contributed by atoms with Crippen molar-refractivity contribution in [3.8, 4) is 5.75 Å². The number of phenols is 1. The Labute approximate surface area is 235 Å². The summed E-state index contributed by atoms with van der Waals surface area (Å²) in [6, 6.07) is 21.5. The van der Waals surface area contributed by atoms with Crippen LogP contribution in [0.4, 0.5) is 4.39 Å². The van der Waals surface area contributed by atoms with Crippen molar-refractivity contribution in [1.82, 2.24) is 14.7 Å². The Morgan fingerprint density at radius 3 is 2.40 bits per heavy atom. The largest absolute Gasteiger partial charge is 0.508 e. The normalized spacial score (nSPS) is 18.7. The maximum absolute atomic E-state index is 13.8. The molecule has 0 saturated carbocycles. The van der Waals surface area contributed by atoms with Gasteiger partial charge in [0.2, 0.25) is 0 Å².